The predicted molar refractivity (Wildman–Crippen MR) is 189 cm³/mol. The number of aryl methyl sites for hydroxylation is 1. The number of carbonyl (C=O) groups is 2. The van der Waals surface area contributed by atoms with Gasteiger partial charge in [0, 0.05) is 23.9 Å². The van der Waals surface area contributed by atoms with Gasteiger partial charge in [-0.05, 0) is 93.6 Å². The third-order valence-corrected chi connectivity index (χ3v) is 10.1. The second-order valence-electron chi connectivity index (χ2n) is 11.5. The monoisotopic (exact) mass is 673 g/mol. The molecule has 0 saturated carbocycles. The van der Waals surface area contributed by atoms with Gasteiger partial charge < -0.3 is 15.0 Å². The van der Waals surface area contributed by atoms with Crippen LogP contribution < -0.4 is 14.4 Å². The lowest BCUT2D eigenvalue weighted by atomic mass is 10.0. The Bertz CT molecular complexity index is 1710. The average Bonchev–Trinajstić information content (AvgIpc) is 3.06. The zero-order valence-corrected chi connectivity index (χ0v) is 29.2. The fraction of sp³-hybridized carbons (Fsp3) is 0.297. The molecule has 0 aliphatic heterocycles. The van der Waals surface area contributed by atoms with Crippen LogP contribution in [0.5, 0.6) is 5.75 Å². The second-order valence-corrected chi connectivity index (χ2v) is 14.2. The van der Waals surface area contributed by atoms with Crippen LogP contribution in [0.1, 0.15) is 37.5 Å². The molecule has 0 spiro atoms. The lowest BCUT2D eigenvalue weighted by Gasteiger charge is -2.34. The van der Waals surface area contributed by atoms with Crippen LogP contribution in [0.25, 0.3) is 0 Å². The van der Waals surface area contributed by atoms with Crippen molar-refractivity contribution in [1.82, 2.24) is 10.2 Å². The lowest BCUT2D eigenvalue weighted by Crippen LogP contribution is -2.54. The quantitative estimate of drug-likeness (QED) is 0.145. The average molecular weight is 674 g/mol. The van der Waals surface area contributed by atoms with Gasteiger partial charge in [0.2, 0.25) is 11.8 Å². The fourth-order valence-corrected chi connectivity index (χ4v) is 6.93. The van der Waals surface area contributed by atoms with Crippen molar-refractivity contribution in [2.45, 2.75) is 62.5 Å². The van der Waals surface area contributed by atoms with Crippen LogP contribution in [0.3, 0.4) is 0 Å². The maximum absolute atomic E-state index is 14.6. The Morgan fingerprint density at radius 3 is 2.06 bits per heavy atom. The summed E-state index contributed by atoms with van der Waals surface area (Å²) < 4.78 is 35.2. The smallest absolute Gasteiger partial charge is 0.264 e. The molecule has 8 nitrogen and oxygen atoms in total. The van der Waals surface area contributed by atoms with Crippen molar-refractivity contribution < 1.29 is 22.7 Å². The summed E-state index contributed by atoms with van der Waals surface area (Å²) in [5.74, 6) is -0.241. The van der Waals surface area contributed by atoms with Gasteiger partial charge in [0.15, 0.2) is 0 Å². The summed E-state index contributed by atoms with van der Waals surface area (Å²) >= 11 is 1.50. The molecule has 0 radical (unpaired) electrons. The number of sulfonamides is 1. The van der Waals surface area contributed by atoms with E-state index in [0.29, 0.717) is 18.0 Å². The van der Waals surface area contributed by atoms with E-state index in [2.05, 4.69) is 5.32 Å². The van der Waals surface area contributed by atoms with Gasteiger partial charge in [-0.15, -0.1) is 11.8 Å². The summed E-state index contributed by atoms with van der Waals surface area (Å²) in [6.07, 6.45) is 2.17. The van der Waals surface area contributed by atoms with Gasteiger partial charge in [-0.25, -0.2) is 8.42 Å². The molecule has 2 amide bonds. The first-order chi connectivity index (χ1) is 22.5. The lowest BCUT2D eigenvalue weighted by molar-refractivity contribution is -0.140. The van der Waals surface area contributed by atoms with Crippen molar-refractivity contribution in [3.05, 3.63) is 120 Å². The van der Waals surface area contributed by atoms with Crippen molar-refractivity contribution in [2.24, 2.45) is 0 Å². The van der Waals surface area contributed by atoms with Gasteiger partial charge in [-0.1, -0.05) is 60.2 Å². The number of nitrogens with zero attached hydrogens (tertiary/aromatic N) is 2. The molecule has 0 aromatic heterocycles. The van der Waals surface area contributed by atoms with Gasteiger partial charge in [0.05, 0.1) is 17.2 Å². The van der Waals surface area contributed by atoms with E-state index in [4.69, 9.17) is 4.74 Å². The molecule has 47 heavy (non-hydrogen) atoms. The van der Waals surface area contributed by atoms with E-state index >= 15 is 0 Å². The molecule has 4 aromatic rings. The molecule has 248 valence electrons. The molecule has 10 heteroatoms. The van der Waals surface area contributed by atoms with E-state index in [9.17, 15) is 18.0 Å². The third-order valence-electron chi connectivity index (χ3n) is 7.54. The number of benzene rings is 4. The SMILES string of the molecule is CCOc1ccc(N(CC(=O)N(Cc2ccc(C)cc2)C(Cc2ccccc2)C(=O)NC(C)C)S(=O)(=O)c2ccc(SC)cc2)cc1. The van der Waals surface area contributed by atoms with E-state index in [1.54, 1.807) is 48.5 Å². The Kier molecular flexibility index (Phi) is 12.5. The number of ether oxygens (including phenoxy) is 1. The highest BCUT2D eigenvalue weighted by atomic mass is 32.2. The van der Waals surface area contributed by atoms with Gasteiger partial charge in [-0.3, -0.25) is 13.9 Å². The number of rotatable bonds is 15. The van der Waals surface area contributed by atoms with Crippen LogP contribution in [-0.4, -0.2) is 56.6 Å². The normalized spacial score (nSPS) is 12.0. The molecule has 4 rings (SSSR count). The Labute approximate surface area is 283 Å². The summed E-state index contributed by atoms with van der Waals surface area (Å²) in [4.78, 5) is 30.9. The molecule has 1 atom stereocenters. The van der Waals surface area contributed by atoms with Crippen molar-refractivity contribution in [3.8, 4) is 5.75 Å². The predicted octanol–water partition coefficient (Wildman–Crippen LogP) is 6.48. The maximum atomic E-state index is 14.6. The third kappa shape index (κ3) is 9.62. The minimum absolute atomic E-state index is 0.0560. The van der Waals surface area contributed by atoms with Crippen LogP contribution in [-0.2, 0) is 32.6 Å². The van der Waals surface area contributed by atoms with Crippen LogP contribution >= 0.6 is 11.8 Å². The number of anilines is 1. The van der Waals surface area contributed by atoms with E-state index < -0.39 is 28.5 Å². The van der Waals surface area contributed by atoms with Crippen molar-refractivity contribution in [1.29, 1.82) is 0 Å². The maximum Gasteiger partial charge on any atom is 0.264 e. The molecule has 0 fully saturated rings. The number of hydrogen-bond acceptors (Lipinski definition) is 6. The first kappa shape index (κ1) is 35.6. The highest BCUT2D eigenvalue weighted by Crippen LogP contribution is 2.28. The molecule has 1 N–H and O–H groups in total. The topological polar surface area (TPSA) is 96.0 Å². The number of carbonyl (C=O) groups excluding carboxylic acids is 2. The van der Waals surface area contributed by atoms with Crippen LogP contribution in [0.15, 0.2) is 113 Å². The zero-order valence-electron chi connectivity index (χ0n) is 27.6. The molecule has 0 bridgehead atoms. The van der Waals surface area contributed by atoms with Crippen LogP contribution in [0.4, 0.5) is 5.69 Å². The molecule has 0 aliphatic rings. The summed E-state index contributed by atoms with van der Waals surface area (Å²) in [7, 11) is -4.20. The summed E-state index contributed by atoms with van der Waals surface area (Å²) in [5, 5.41) is 2.98. The Balaban J connectivity index is 1.80. The van der Waals surface area contributed by atoms with Crippen molar-refractivity contribution in [2.75, 3.05) is 23.7 Å². The van der Waals surface area contributed by atoms with Crippen molar-refractivity contribution >= 4 is 39.3 Å². The molecule has 4 aromatic carbocycles. The van der Waals surface area contributed by atoms with Crippen molar-refractivity contribution in [3.63, 3.8) is 0 Å². The fourth-order valence-electron chi connectivity index (χ4n) is 5.10. The van der Waals surface area contributed by atoms with Gasteiger partial charge in [0.1, 0.15) is 18.3 Å². The molecule has 0 aliphatic carbocycles. The largest absolute Gasteiger partial charge is 0.494 e. The standard InChI is InChI=1S/C37H43N3O5S2/c1-6-45-32-18-16-31(17-19-32)40(47(43,44)34-22-20-33(46-5)21-23-34)26-36(41)39(25-30-14-12-28(4)13-15-30)35(37(42)38-27(2)3)24-29-10-8-7-9-11-29/h7-23,27,35H,6,24-26H2,1-5H3,(H,38,42). The van der Waals surface area contributed by atoms with E-state index in [0.717, 1.165) is 25.9 Å². The molecular formula is C37H43N3O5S2. The van der Waals surface area contributed by atoms with E-state index in [1.165, 1.54) is 16.7 Å². The summed E-state index contributed by atoms with van der Waals surface area (Å²) in [5.41, 5.74) is 3.06. The van der Waals surface area contributed by atoms with Gasteiger partial charge in [-0.2, -0.15) is 0 Å². The second kappa shape index (κ2) is 16.5. The van der Waals surface area contributed by atoms with E-state index in [1.807, 2.05) is 88.5 Å². The van der Waals surface area contributed by atoms with Crippen LogP contribution in [0.2, 0.25) is 0 Å². The minimum atomic E-state index is -4.20. The van der Waals surface area contributed by atoms with E-state index in [-0.39, 0.29) is 29.8 Å². The summed E-state index contributed by atoms with van der Waals surface area (Å²) in [6, 6.07) is 29.4. The number of hydrogen-bond donors (Lipinski definition) is 1. The summed E-state index contributed by atoms with van der Waals surface area (Å²) in [6.45, 7) is 7.63. The number of thioether (sulfide) groups is 1. The molecule has 1 unspecified atom stereocenters. The minimum Gasteiger partial charge on any atom is -0.494 e. The Morgan fingerprint density at radius 2 is 1.49 bits per heavy atom. The highest BCUT2D eigenvalue weighted by molar-refractivity contribution is 7.98. The number of amides is 2. The molecular weight excluding hydrogens is 631 g/mol. The first-order valence-electron chi connectivity index (χ1n) is 15.6. The van der Waals surface area contributed by atoms with Gasteiger partial charge in [0.25, 0.3) is 10.0 Å². The first-order valence-corrected chi connectivity index (χ1v) is 18.3. The highest BCUT2D eigenvalue weighted by Gasteiger charge is 2.35. The zero-order chi connectivity index (χ0) is 34.0. The van der Waals surface area contributed by atoms with Crippen LogP contribution in [0, 0.1) is 6.92 Å². The Morgan fingerprint density at radius 1 is 0.851 bits per heavy atom. The van der Waals surface area contributed by atoms with Gasteiger partial charge >= 0.3 is 0 Å². The molecule has 0 heterocycles. The Hall–Kier alpha value is -4.28. The number of nitrogens with one attached hydrogen (secondary N) is 1. The molecule has 0 saturated heterocycles.